The van der Waals surface area contributed by atoms with Gasteiger partial charge in [-0.25, -0.2) is 0 Å². The van der Waals surface area contributed by atoms with Crippen molar-refractivity contribution in [1.29, 1.82) is 0 Å². The Morgan fingerprint density at radius 3 is 2.68 bits per heavy atom. The van der Waals surface area contributed by atoms with Crippen LogP contribution in [-0.4, -0.2) is 26.4 Å². The number of para-hydroxylation sites is 1. The topological polar surface area (TPSA) is 44.5 Å². The first-order valence-electron chi connectivity index (χ1n) is 6.83. The molecule has 0 aromatic heterocycles. The second-order valence-electron chi connectivity index (χ2n) is 4.91. The van der Waals surface area contributed by atoms with Crippen LogP contribution < -0.4 is 10.5 Å². The van der Waals surface area contributed by atoms with Crippen LogP contribution in [0.4, 0.5) is 0 Å². The first-order chi connectivity index (χ1) is 9.15. The average Bonchev–Trinajstić information content (AvgIpc) is 2.36. The molecule has 0 atom stereocenters. The van der Waals surface area contributed by atoms with E-state index in [0.29, 0.717) is 25.7 Å². The fourth-order valence-corrected chi connectivity index (χ4v) is 2.21. The van der Waals surface area contributed by atoms with E-state index < -0.39 is 0 Å². The molecule has 108 valence electrons. The molecule has 1 aromatic carbocycles. The van der Waals surface area contributed by atoms with Crippen LogP contribution in [-0.2, 0) is 11.2 Å². The highest BCUT2D eigenvalue weighted by Gasteiger charge is 2.07. The molecule has 0 fully saturated rings. The molecule has 0 amide bonds. The van der Waals surface area contributed by atoms with Gasteiger partial charge in [-0.1, -0.05) is 26.0 Å². The molecular formula is C15H24BrNO2. The van der Waals surface area contributed by atoms with Crippen molar-refractivity contribution < 1.29 is 9.47 Å². The first-order valence-corrected chi connectivity index (χ1v) is 7.62. The summed E-state index contributed by atoms with van der Waals surface area (Å²) in [5.74, 6) is 1.57. The number of nitrogens with two attached hydrogens (primary N) is 1. The molecule has 0 aliphatic carbocycles. The summed E-state index contributed by atoms with van der Waals surface area (Å²) in [5, 5.41) is 0. The molecule has 2 N–H and O–H groups in total. The molecule has 0 spiro atoms. The van der Waals surface area contributed by atoms with Gasteiger partial charge in [-0.05, 0) is 52.9 Å². The number of rotatable bonds is 9. The van der Waals surface area contributed by atoms with Crippen LogP contribution in [0.15, 0.2) is 22.7 Å². The summed E-state index contributed by atoms with van der Waals surface area (Å²) < 4.78 is 12.3. The molecule has 0 bridgehead atoms. The Morgan fingerprint density at radius 1 is 1.21 bits per heavy atom. The summed E-state index contributed by atoms with van der Waals surface area (Å²) in [5.41, 5.74) is 6.74. The van der Waals surface area contributed by atoms with E-state index in [1.165, 1.54) is 0 Å². The van der Waals surface area contributed by atoms with Gasteiger partial charge in [-0.15, -0.1) is 0 Å². The van der Waals surface area contributed by atoms with Gasteiger partial charge in [0.15, 0.2) is 0 Å². The van der Waals surface area contributed by atoms with Crippen LogP contribution in [0.25, 0.3) is 0 Å². The fraction of sp³-hybridized carbons (Fsp3) is 0.600. The van der Waals surface area contributed by atoms with Crippen molar-refractivity contribution in [2.24, 2.45) is 11.7 Å². The second kappa shape index (κ2) is 9.34. The van der Waals surface area contributed by atoms with Crippen molar-refractivity contribution in [3.8, 4) is 5.75 Å². The van der Waals surface area contributed by atoms with Gasteiger partial charge in [0.25, 0.3) is 0 Å². The highest BCUT2D eigenvalue weighted by Crippen LogP contribution is 2.29. The molecule has 19 heavy (non-hydrogen) atoms. The molecule has 0 aliphatic heterocycles. The van der Waals surface area contributed by atoms with Gasteiger partial charge >= 0.3 is 0 Å². The van der Waals surface area contributed by atoms with Gasteiger partial charge < -0.3 is 15.2 Å². The van der Waals surface area contributed by atoms with Crippen molar-refractivity contribution in [1.82, 2.24) is 0 Å². The molecule has 0 radical (unpaired) electrons. The third-order valence-corrected chi connectivity index (χ3v) is 3.40. The fourth-order valence-electron chi connectivity index (χ4n) is 1.69. The van der Waals surface area contributed by atoms with Crippen LogP contribution in [0.2, 0.25) is 0 Å². The monoisotopic (exact) mass is 329 g/mol. The average molecular weight is 330 g/mol. The van der Waals surface area contributed by atoms with E-state index in [0.717, 1.165) is 35.2 Å². The first kappa shape index (κ1) is 16.5. The predicted molar refractivity (Wildman–Crippen MR) is 82.7 cm³/mol. The molecule has 0 unspecified atom stereocenters. The number of hydrogen-bond acceptors (Lipinski definition) is 3. The molecule has 0 saturated carbocycles. The van der Waals surface area contributed by atoms with E-state index in [4.69, 9.17) is 15.2 Å². The summed E-state index contributed by atoms with van der Waals surface area (Å²) in [6, 6.07) is 6.03. The van der Waals surface area contributed by atoms with Gasteiger partial charge in [0.1, 0.15) is 12.4 Å². The van der Waals surface area contributed by atoms with Crippen LogP contribution >= 0.6 is 15.9 Å². The maximum atomic E-state index is 5.80. The van der Waals surface area contributed by atoms with E-state index in [2.05, 4.69) is 29.8 Å². The molecule has 4 heteroatoms. The summed E-state index contributed by atoms with van der Waals surface area (Å²) >= 11 is 3.51. The van der Waals surface area contributed by atoms with Gasteiger partial charge in [-0.2, -0.15) is 0 Å². The Morgan fingerprint density at radius 2 is 2.00 bits per heavy atom. The zero-order valence-corrected chi connectivity index (χ0v) is 13.4. The third-order valence-electron chi connectivity index (χ3n) is 2.78. The van der Waals surface area contributed by atoms with Crippen molar-refractivity contribution in [3.05, 3.63) is 28.2 Å². The number of ether oxygens (including phenoxy) is 2. The quantitative estimate of drug-likeness (QED) is 0.706. The summed E-state index contributed by atoms with van der Waals surface area (Å²) in [6.07, 6.45) is 1.91. The van der Waals surface area contributed by atoms with E-state index in [-0.39, 0.29) is 0 Å². The molecule has 3 nitrogen and oxygen atoms in total. The number of hydrogen-bond donors (Lipinski definition) is 1. The van der Waals surface area contributed by atoms with E-state index in [1.807, 2.05) is 18.2 Å². The number of halogens is 1. The summed E-state index contributed by atoms with van der Waals surface area (Å²) in [7, 11) is 0. The van der Waals surface area contributed by atoms with Crippen LogP contribution in [0.3, 0.4) is 0 Å². The molecular weight excluding hydrogens is 306 g/mol. The Hall–Kier alpha value is -0.580. The summed E-state index contributed by atoms with van der Waals surface area (Å²) in [4.78, 5) is 0. The Bertz CT molecular complexity index is 369. The largest absolute Gasteiger partial charge is 0.490 e. The normalized spacial score (nSPS) is 11.0. The summed E-state index contributed by atoms with van der Waals surface area (Å²) in [6.45, 7) is 7.00. The van der Waals surface area contributed by atoms with Gasteiger partial charge in [0.2, 0.25) is 0 Å². The SMILES string of the molecule is CC(C)CCOCCOc1c(Br)cccc1CCN. The Labute approximate surface area is 124 Å². The zero-order chi connectivity index (χ0) is 14.1. The minimum Gasteiger partial charge on any atom is -0.490 e. The highest BCUT2D eigenvalue weighted by atomic mass is 79.9. The lowest BCUT2D eigenvalue weighted by atomic mass is 10.1. The van der Waals surface area contributed by atoms with E-state index >= 15 is 0 Å². The van der Waals surface area contributed by atoms with Gasteiger partial charge in [0.05, 0.1) is 11.1 Å². The smallest absolute Gasteiger partial charge is 0.136 e. The Kier molecular flexibility index (Phi) is 8.10. The standard InChI is InChI=1S/C15H24BrNO2/c1-12(2)7-9-18-10-11-19-15-13(6-8-17)4-3-5-14(15)16/h3-5,12H,6-11,17H2,1-2H3. The van der Waals surface area contributed by atoms with Crippen molar-refractivity contribution in [2.45, 2.75) is 26.7 Å². The van der Waals surface area contributed by atoms with Crippen molar-refractivity contribution >= 4 is 15.9 Å². The van der Waals surface area contributed by atoms with Gasteiger partial charge in [-0.3, -0.25) is 0 Å². The molecule has 1 rings (SSSR count). The maximum absolute atomic E-state index is 5.80. The predicted octanol–water partition coefficient (Wildman–Crippen LogP) is 3.39. The lowest BCUT2D eigenvalue weighted by molar-refractivity contribution is 0.0920. The van der Waals surface area contributed by atoms with E-state index in [1.54, 1.807) is 0 Å². The minimum atomic E-state index is 0.568. The number of benzene rings is 1. The zero-order valence-electron chi connectivity index (χ0n) is 11.8. The second-order valence-corrected chi connectivity index (χ2v) is 5.76. The van der Waals surface area contributed by atoms with Crippen molar-refractivity contribution in [3.63, 3.8) is 0 Å². The molecule has 0 aliphatic rings. The van der Waals surface area contributed by atoms with E-state index in [9.17, 15) is 0 Å². The Balaban J connectivity index is 2.36. The third kappa shape index (κ3) is 6.41. The van der Waals surface area contributed by atoms with Crippen LogP contribution in [0.5, 0.6) is 5.75 Å². The molecule has 0 heterocycles. The van der Waals surface area contributed by atoms with Crippen LogP contribution in [0, 0.1) is 5.92 Å². The van der Waals surface area contributed by atoms with Crippen LogP contribution in [0.1, 0.15) is 25.8 Å². The molecule has 1 aromatic rings. The van der Waals surface area contributed by atoms with Crippen molar-refractivity contribution in [2.75, 3.05) is 26.4 Å². The maximum Gasteiger partial charge on any atom is 0.136 e. The highest BCUT2D eigenvalue weighted by molar-refractivity contribution is 9.10. The lowest BCUT2D eigenvalue weighted by Crippen LogP contribution is -2.11. The minimum absolute atomic E-state index is 0.568. The molecule has 0 saturated heterocycles. The lowest BCUT2D eigenvalue weighted by Gasteiger charge is -2.13. The van der Waals surface area contributed by atoms with Gasteiger partial charge in [0, 0.05) is 6.61 Å².